The molecule has 0 amide bonds. The third kappa shape index (κ3) is 2.21. The Morgan fingerprint density at radius 2 is 2.22 bits per heavy atom. The van der Waals surface area contributed by atoms with Gasteiger partial charge in [-0.1, -0.05) is 6.42 Å². The lowest BCUT2D eigenvalue weighted by molar-refractivity contribution is 0.121. The number of rotatable bonds is 4. The van der Waals surface area contributed by atoms with Gasteiger partial charge in [0.2, 0.25) is 5.88 Å². The fourth-order valence-electron chi connectivity index (χ4n) is 3.69. The van der Waals surface area contributed by atoms with E-state index in [1.165, 1.54) is 25.7 Å². The number of nitrogens with zero attached hydrogens (tertiary/aromatic N) is 2. The zero-order chi connectivity index (χ0) is 12.5. The van der Waals surface area contributed by atoms with Crippen LogP contribution in [0, 0.1) is 17.8 Å². The largest absolute Gasteiger partial charge is 0.480 e. The molecule has 3 rings (SSSR count). The first-order valence-corrected chi connectivity index (χ1v) is 6.82. The zero-order valence-corrected chi connectivity index (χ0v) is 10.7. The van der Waals surface area contributed by atoms with Gasteiger partial charge in [0.05, 0.1) is 18.9 Å². The van der Waals surface area contributed by atoms with Gasteiger partial charge in [-0.2, -0.15) is 0 Å². The molecule has 1 heterocycles. The minimum atomic E-state index is -0.479. The Morgan fingerprint density at radius 3 is 2.78 bits per heavy atom. The van der Waals surface area contributed by atoms with Crippen molar-refractivity contribution in [2.45, 2.75) is 38.2 Å². The summed E-state index contributed by atoms with van der Waals surface area (Å²) in [5.74, 6) is 2.94. The topological polar surface area (TPSA) is 55.2 Å². The summed E-state index contributed by atoms with van der Waals surface area (Å²) in [6.07, 6.45) is 5.79. The summed E-state index contributed by atoms with van der Waals surface area (Å²) in [6, 6.07) is 3.57. The molecule has 1 N–H and O–H groups in total. The minimum absolute atomic E-state index is 0.479. The third-order valence-electron chi connectivity index (χ3n) is 4.62. The van der Waals surface area contributed by atoms with E-state index in [0.717, 1.165) is 18.3 Å². The van der Waals surface area contributed by atoms with E-state index in [-0.39, 0.29) is 0 Å². The van der Waals surface area contributed by atoms with E-state index < -0.39 is 6.10 Å². The van der Waals surface area contributed by atoms with Crippen LogP contribution in [-0.4, -0.2) is 22.4 Å². The number of fused-ring (bicyclic) bond motifs is 2. The summed E-state index contributed by atoms with van der Waals surface area (Å²) < 4.78 is 4.97. The van der Waals surface area contributed by atoms with E-state index in [4.69, 9.17) is 4.74 Å². The molecule has 4 heteroatoms. The predicted octanol–water partition coefficient (Wildman–Crippen LogP) is 2.34. The fourth-order valence-corrected chi connectivity index (χ4v) is 3.69. The molecule has 0 spiro atoms. The van der Waals surface area contributed by atoms with Crippen LogP contribution in [0.1, 0.15) is 43.9 Å². The lowest BCUT2D eigenvalue weighted by atomic mass is 9.84. The normalized spacial score (nSPS) is 31.6. The Bertz CT molecular complexity index is 407. The molecule has 0 aromatic carbocycles. The van der Waals surface area contributed by atoms with Crippen LogP contribution < -0.4 is 4.74 Å². The maximum Gasteiger partial charge on any atom is 0.233 e. The summed E-state index contributed by atoms with van der Waals surface area (Å²) in [7, 11) is 1.56. The molecule has 0 radical (unpaired) electrons. The smallest absolute Gasteiger partial charge is 0.233 e. The molecule has 1 aromatic rings. The van der Waals surface area contributed by atoms with Crippen molar-refractivity contribution in [3.63, 3.8) is 0 Å². The maximum absolute atomic E-state index is 10.2. The second kappa shape index (κ2) is 4.84. The number of hydrogen-bond acceptors (Lipinski definition) is 4. The number of aliphatic hydroxyl groups excluding tert-OH is 1. The number of methoxy groups -OCH3 is 1. The van der Waals surface area contributed by atoms with Gasteiger partial charge in [-0.05, 0) is 49.5 Å². The zero-order valence-electron chi connectivity index (χ0n) is 10.7. The molecule has 1 aromatic heterocycles. The van der Waals surface area contributed by atoms with E-state index in [9.17, 15) is 5.11 Å². The van der Waals surface area contributed by atoms with Crippen molar-refractivity contribution < 1.29 is 9.84 Å². The molecule has 0 aliphatic heterocycles. The lowest BCUT2D eigenvalue weighted by Gasteiger charge is -2.23. The SMILES string of the molecule is COc1ccc(C(O)CC2CC3CCC2C3)nn1. The van der Waals surface area contributed by atoms with Crippen molar-refractivity contribution in [3.05, 3.63) is 17.8 Å². The summed E-state index contributed by atoms with van der Waals surface area (Å²) in [4.78, 5) is 0. The van der Waals surface area contributed by atoms with Crippen LogP contribution in [0.4, 0.5) is 0 Å². The van der Waals surface area contributed by atoms with Crippen molar-refractivity contribution in [1.29, 1.82) is 0 Å². The van der Waals surface area contributed by atoms with Gasteiger partial charge in [-0.15, -0.1) is 10.2 Å². The lowest BCUT2D eigenvalue weighted by Crippen LogP contribution is -2.15. The van der Waals surface area contributed by atoms with Crippen molar-refractivity contribution in [2.24, 2.45) is 17.8 Å². The summed E-state index contributed by atoms with van der Waals surface area (Å²) >= 11 is 0. The quantitative estimate of drug-likeness (QED) is 0.888. The molecule has 4 unspecified atom stereocenters. The molecule has 2 aliphatic rings. The first kappa shape index (κ1) is 11.9. The predicted molar refractivity (Wildman–Crippen MR) is 67.1 cm³/mol. The van der Waals surface area contributed by atoms with E-state index in [2.05, 4.69) is 10.2 Å². The number of aromatic nitrogens is 2. The summed E-state index contributed by atoms with van der Waals surface area (Å²) in [5.41, 5.74) is 0.665. The number of ether oxygens (including phenoxy) is 1. The number of aliphatic hydroxyl groups is 1. The molecule has 2 aliphatic carbocycles. The second-order valence-electron chi connectivity index (χ2n) is 5.69. The molecule has 0 saturated heterocycles. The molecule has 18 heavy (non-hydrogen) atoms. The Hall–Kier alpha value is -1.16. The second-order valence-corrected chi connectivity index (χ2v) is 5.69. The molecular formula is C14H20N2O2. The standard InChI is InChI=1S/C14H20N2O2/c1-18-14-5-4-12(15-16-14)13(17)8-11-7-9-2-3-10(11)6-9/h4-5,9-11,13,17H,2-3,6-8H2,1H3. The highest BCUT2D eigenvalue weighted by atomic mass is 16.5. The first-order chi connectivity index (χ1) is 8.76. The van der Waals surface area contributed by atoms with E-state index >= 15 is 0 Å². The Kier molecular flexibility index (Phi) is 3.20. The highest BCUT2D eigenvalue weighted by Crippen LogP contribution is 2.50. The van der Waals surface area contributed by atoms with Gasteiger partial charge in [-0.3, -0.25) is 0 Å². The fraction of sp³-hybridized carbons (Fsp3) is 0.714. The molecule has 4 atom stereocenters. The summed E-state index contributed by atoms with van der Waals surface area (Å²) in [5, 5.41) is 18.2. The van der Waals surface area contributed by atoms with Crippen molar-refractivity contribution >= 4 is 0 Å². The van der Waals surface area contributed by atoms with E-state index in [0.29, 0.717) is 17.5 Å². The molecule has 2 saturated carbocycles. The Labute approximate surface area is 107 Å². The van der Waals surface area contributed by atoms with Crippen LogP contribution >= 0.6 is 0 Å². The summed E-state index contributed by atoms with van der Waals surface area (Å²) in [6.45, 7) is 0. The van der Waals surface area contributed by atoms with E-state index in [1.54, 1.807) is 13.2 Å². The molecular weight excluding hydrogens is 228 g/mol. The molecule has 2 fully saturated rings. The van der Waals surface area contributed by atoms with Crippen LogP contribution in [0.2, 0.25) is 0 Å². The van der Waals surface area contributed by atoms with Crippen LogP contribution in [-0.2, 0) is 0 Å². The van der Waals surface area contributed by atoms with Gasteiger partial charge in [0, 0.05) is 6.07 Å². The minimum Gasteiger partial charge on any atom is -0.480 e. The first-order valence-electron chi connectivity index (χ1n) is 6.82. The molecule has 98 valence electrons. The van der Waals surface area contributed by atoms with Crippen LogP contribution in [0.15, 0.2) is 12.1 Å². The van der Waals surface area contributed by atoms with Crippen LogP contribution in [0.3, 0.4) is 0 Å². The van der Waals surface area contributed by atoms with Crippen molar-refractivity contribution in [3.8, 4) is 5.88 Å². The van der Waals surface area contributed by atoms with Crippen LogP contribution in [0.25, 0.3) is 0 Å². The van der Waals surface area contributed by atoms with Crippen molar-refractivity contribution in [1.82, 2.24) is 10.2 Å². The van der Waals surface area contributed by atoms with Gasteiger partial charge in [0.25, 0.3) is 0 Å². The third-order valence-corrected chi connectivity index (χ3v) is 4.62. The molecule has 4 nitrogen and oxygen atoms in total. The van der Waals surface area contributed by atoms with Gasteiger partial charge in [0.15, 0.2) is 0 Å². The average Bonchev–Trinajstić information content (AvgIpc) is 3.01. The monoisotopic (exact) mass is 248 g/mol. The highest BCUT2D eigenvalue weighted by molar-refractivity contribution is 5.13. The highest BCUT2D eigenvalue weighted by Gasteiger charge is 2.40. The van der Waals surface area contributed by atoms with Gasteiger partial charge in [-0.25, -0.2) is 0 Å². The Morgan fingerprint density at radius 1 is 1.33 bits per heavy atom. The average molecular weight is 248 g/mol. The Balaban J connectivity index is 1.62. The maximum atomic E-state index is 10.2. The van der Waals surface area contributed by atoms with Crippen molar-refractivity contribution in [2.75, 3.05) is 7.11 Å². The van der Waals surface area contributed by atoms with Gasteiger partial charge in [0.1, 0.15) is 0 Å². The van der Waals surface area contributed by atoms with Crippen LogP contribution in [0.5, 0.6) is 5.88 Å². The number of hydrogen-bond donors (Lipinski definition) is 1. The van der Waals surface area contributed by atoms with E-state index in [1.807, 2.05) is 6.07 Å². The molecule has 2 bridgehead atoms. The van der Waals surface area contributed by atoms with Gasteiger partial charge < -0.3 is 9.84 Å². The van der Waals surface area contributed by atoms with Gasteiger partial charge >= 0.3 is 0 Å².